The molecular formula is C75H122O6. The number of unbranched alkanes of at least 4 members (excludes halogenated alkanes) is 24. The Morgan fingerprint density at radius 3 is 0.790 bits per heavy atom. The molecule has 81 heavy (non-hydrogen) atoms. The number of hydrogen-bond acceptors (Lipinski definition) is 6. The van der Waals surface area contributed by atoms with E-state index in [0.717, 1.165) is 148 Å². The molecule has 0 saturated carbocycles. The van der Waals surface area contributed by atoms with Gasteiger partial charge in [0.25, 0.3) is 0 Å². The molecule has 6 heteroatoms. The van der Waals surface area contributed by atoms with Crippen molar-refractivity contribution < 1.29 is 28.6 Å². The first-order valence-corrected chi connectivity index (χ1v) is 33.3. The van der Waals surface area contributed by atoms with Gasteiger partial charge in [-0.15, -0.1) is 0 Å². The van der Waals surface area contributed by atoms with Crippen LogP contribution in [0.15, 0.2) is 146 Å². The minimum Gasteiger partial charge on any atom is -0.462 e. The molecule has 1 atom stereocenters. The smallest absolute Gasteiger partial charge is 0.306 e. The topological polar surface area (TPSA) is 78.9 Å². The van der Waals surface area contributed by atoms with Gasteiger partial charge in [-0.1, -0.05) is 289 Å². The summed E-state index contributed by atoms with van der Waals surface area (Å²) in [5.74, 6) is -0.941. The Kier molecular flexibility index (Phi) is 63.9. The van der Waals surface area contributed by atoms with Crippen molar-refractivity contribution >= 4 is 17.9 Å². The Morgan fingerprint density at radius 2 is 0.481 bits per heavy atom. The van der Waals surface area contributed by atoms with Gasteiger partial charge in [0.05, 0.1) is 0 Å². The lowest BCUT2D eigenvalue weighted by Gasteiger charge is -2.18. The molecule has 0 bridgehead atoms. The van der Waals surface area contributed by atoms with Crippen LogP contribution < -0.4 is 0 Å². The molecule has 0 saturated heterocycles. The summed E-state index contributed by atoms with van der Waals surface area (Å²) in [6.07, 6.45) is 97.1. The van der Waals surface area contributed by atoms with E-state index in [4.69, 9.17) is 14.2 Å². The highest BCUT2D eigenvalue weighted by Crippen LogP contribution is 2.15. The zero-order valence-corrected chi connectivity index (χ0v) is 52.5. The van der Waals surface area contributed by atoms with E-state index in [2.05, 4.69) is 167 Å². The Hall–Kier alpha value is -4.71. The van der Waals surface area contributed by atoms with Crippen LogP contribution in [0.4, 0.5) is 0 Å². The van der Waals surface area contributed by atoms with Crippen molar-refractivity contribution in [3.8, 4) is 0 Å². The predicted octanol–water partition coefficient (Wildman–Crippen LogP) is 23.1. The molecule has 0 aliphatic heterocycles. The van der Waals surface area contributed by atoms with Crippen LogP contribution in [0.25, 0.3) is 0 Å². The summed E-state index contributed by atoms with van der Waals surface area (Å²) in [5.41, 5.74) is 0. The summed E-state index contributed by atoms with van der Waals surface area (Å²) in [6, 6.07) is 0. The number of hydrogen-bond donors (Lipinski definition) is 0. The molecule has 0 aromatic rings. The van der Waals surface area contributed by atoms with Gasteiger partial charge in [0.2, 0.25) is 0 Å². The molecule has 458 valence electrons. The summed E-state index contributed by atoms with van der Waals surface area (Å²) in [6.45, 7) is 6.47. The third kappa shape index (κ3) is 66.0. The van der Waals surface area contributed by atoms with Crippen LogP contribution in [0.2, 0.25) is 0 Å². The van der Waals surface area contributed by atoms with E-state index >= 15 is 0 Å². The van der Waals surface area contributed by atoms with Gasteiger partial charge < -0.3 is 14.2 Å². The summed E-state index contributed by atoms with van der Waals surface area (Å²) in [5, 5.41) is 0. The molecule has 6 nitrogen and oxygen atoms in total. The molecule has 0 fully saturated rings. The molecule has 0 aromatic heterocycles. The van der Waals surface area contributed by atoms with Gasteiger partial charge in [-0.3, -0.25) is 14.4 Å². The first-order valence-electron chi connectivity index (χ1n) is 33.3. The first-order chi connectivity index (χ1) is 40.0. The molecule has 0 aliphatic rings. The summed E-state index contributed by atoms with van der Waals surface area (Å²) in [4.78, 5) is 38.3. The lowest BCUT2D eigenvalue weighted by Crippen LogP contribution is -2.30. The highest BCUT2D eigenvalue weighted by Gasteiger charge is 2.19. The lowest BCUT2D eigenvalue weighted by molar-refractivity contribution is -0.167. The van der Waals surface area contributed by atoms with E-state index < -0.39 is 6.10 Å². The zero-order chi connectivity index (χ0) is 58.5. The largest absolute Gasteiger partial charge is 0.462 e. The van der Waals surface area contributed by atoms with Crippen LogP contribution in [0.1, 0.15) is 290 Å². The van der Waals surface area contributed by atoms with Crippen molar-refractivity contribution in [3.05, 3.63) is 146 Å². The van der Waals surface area contributed by atoms with E-state index in [-0.39, 0.29) is 31.1 Å². The molecule has 0 amide bonds. The van der Waals surface area contributed by atoms with Crippen LogP contribution in [-0.2, 0) is 28.6 Å². The summed E-state index contributed by atoms with van der Waals surface area (Å²) in [7, 11) is 0. The fourth-order valence-electron chi connectivity index (χ4n) is 8.85. The maximum atomic E-state index is 12.9. The van der Waals surface area contributed by atoms with Crippen LogP contribution in [0.5, 0.6) is 0 Å². The van der Waals surface area contributed by atoms with Crippen molar-refractivity contribution in [1.29, 1.82) is 0 Å². The first kappa shape index (κ1) is 76.3. The van der Waals surface area contributed by atoms with Gasteiger partial charge in [-0.05, 0) is 128 Å². The molecule has 0 rings (SSSR count). The van der Waals surface area contributed by atoms with Crippen LogP contribution >= 0.6 is 0 Å². The minimum absolute atomic E-state index is 0.0964. The van der Waals surface area contributed by atoms with E-state index in [0.29, 0.717) is 19.3 Å². The molecule has 0 heterocycles. The van der Waals surface area contributed by atoms with Gasteiger partial charge >= 0.3 is 17.9 Å². The average Bonchev–Trinajstić information content (AvgIpc) is 3.46. The molecule has 0 aliphatic carbocycles. The highest BCUT2D eigenvalue weighted by molar-refractivity contribution is 5.71. The van der Waals surface area contributed by atoms with Crippen LogP contribution in [0.3, 0.4) is 0 Å². The molecule has 0 N–H and O–H groups in total. The van der Waals surface area contributed by atoms with Gasteiger partial charge in [-0.2, -0.15) is 0 Å². The Bertz CT molecular complexity index is 1760. The minimum atomic E-state index is -0.804. The Labute approximate surface area is 499 Å². The molecule has 0 radical (unpaired) electrons. The number of rotatable bonds is 59. The normalized spacial score (nSPS) is 13.1. The van der Waals surface area contributed by atoms with Gasteiger partial charge in [0.1, 0.15) is 13.2 Å². The molecule has 0 spiro atoms. The Morgan fingerprint density at radius 1 is 0.259 bits per heavy atom. The second kappa shape index (κ2) is 67.8. The van der Waals surface area contributed by atoms with E-state index in [1.165, 1.54) is 103 Å². The Balaban J connectivity index is 4.42. The van der Waals surface area contributed by atoms with Gasteiger partial charge in [0, 0.05) is 19.3 Å². The van der Waals surface area contributed by atoms with Crippen molar-refractivity contribution in [1.82, 2.24) is 0 Å². The maximum Gasteiger partial charge on any atom is 0.306 e. The molecule has 1 unspecified atom stereocenters. The van der Waals surface area contributed by atoms with Crippen molar-refractivity contribution in [3.63, 3.8) is 0 Å². The summed E-state index contributed by atoms with van der Waals surface area (Å²) >= 11 is 0. The summed E-state index contributed by atoms with van der Waals surface area (Å²) < 4.78 is 16.9. The van der Waals surface area contributed by atoms with Crippen molar-refractivity contribution in [2.24, 2.45) is 0 Å². The maximum absolute atomic E-state index is 12.9. The zero-order valence-electron chi connectivity index (χ0n) is 52.5. The fourth-order valence-corrected chi connectivity index (χ4v) is 8.85. The number of carbonyl (C=O) groups is 3. The third-order valence-electron chi connectivity index (χ3n) is 13.8. The average molecular weight is 1120 g/mol. The van der Waals surface area contributed by atoms with E-state index in [9.17, 15) is 14.4 Å². The second-order valence-electron chi connectivity index (χ2n) is 21.6. The monoisotopic (exact) mass is 1120 g/mol. The quantitative estimate of drug-likeness (QED) is 0.0261. The predicted molar refractivity (Wildman–Crippen MR) is 352 cm³/mol. The number of esters is 3. The fraction of sp³-hybridized carbons (Fsp3) is 0.640. The SMILES string of the molecule is CC/C=C\C/C=C\C/C=C\C/C=C\C/C=C\C/C=C\C/C=C\C/C=C\C/C=C\CCCCCC(=O)OCC(COC(=O)CCCCCCCCCCCCCCC)OC(=O)CCCCCCCC/C=C\C/C=C\C/C=C\CCCCC. The molecular weight excluding hydrogens is 997 g/mol. The second-order valence-corrected chi connectivity index (χ2v) is 21.6. The lowest BCUT2D eigenvalue weighted by atomic mass is 10.0. The number of ether oxygens (including phenoxy) is 3. The standard InChI is InChI=1S/C75H122O6/c1-4-7-10-13-16-19-22-25-27-29-31-32-33-34-35-36-37-38-39-40-41-42-44-45-47-50-53-56-59-62-65-68-74(77)80-71-72(70-79-73(76)67-64-61-58-55-52-49-24-21-18-15-12-9-6-3)81-75(78)69-66-63-60-57-54-51-48-46-43-30-28-26-23-20-17-14-11-8-5-2/h7,10,16-17,19-20,25-28,31-32,34-35,37-38,40-41,43-46,50,53,72H,4-6,8-9,11-15,18,21-24,29-30,33,36,39,42,47-49,51-52,54-71H2,1-3H3/b10-7-,19-16-,20-17-,27-25-,28-26-,32-31-,35-34-,38-37-,41-40-,45-44-,46-43-,53-50-. The van der Waals surface area contributed by atoms with Crippen LogP contribution in [-0.4, -0.2) is 37.2 Å². The third-order valence-corrected chi connectivity index (χ3v) is 13.8. The van der Waals surface area contributed by atoms with E-state index in [1.54, 1.807) is 0 Å². The number of carbonyl (C=O) groups excluding carboxylic acids is 3. The van der Waals surface area contributed by atoms with Gasteiger partial charge in [-0.25, -0.2) is 0 Å². The molecule has 0 aromatic carbocycles. The van der Waals surface area contributed by atoms with Crippen LogP contribution in [0, 0.1) is 0 Å². The number of allylic oxidation sites excluding steroid dienone is 24. The van der Waals surface area contributed by atoms with Crippen molar-refractivity contribution in [2.75, 3.05) is 13.2 Å². The van der Waals surface area contributed by atoms with Crippen molar-refractivity contribution in [2.45, 2.75) is 297 Å². The van der Waals surface area contributed by atoms with Gasteiger partial charge in [0.15, 0.2) is 6.10 Å². The van der Waals surface area contributed by atoms with E-state index in [1.807, 2.05) is 0 Å². The highest BCUT2D eigenvalue weighted by atomic mass is 16.6.